The van der Waals surface area contributed by atoms with Gasteiger partial charge in [0.2, 0.25) is 0 Å². The molecule has 0 aliphatic heterocycles. The van der Waals surface area contributed by atoms with Crippen LogP contribution in [0, 0.1) is 0 Å². The Morgan fingerprint density at radius 3 is 1.26 bits per heavy atom. The number of hydrogen-bond donors (Lipinski definition) is 3. The zero-order valence-corrected chi connectivity index (χ0v) is 22.2. The van der Waals surface area contributed by atoms with Crippen molar-refractivity contribution < 1.29 is 34.2 Å². The molecule has 0 rings (SSSR count). The zero-order chi connectivity index (χ0) is 26.2. The highest BCUT2D eigenvalue weighted by Crippen LogP contribution is 2.18. The molecule has 0 unspecified atom stereocenters. The highest BCUT2D eigenvalue weighted by molar-refractivity contribution is 5.67. The first-order valence-corrected chi connectivity index (χ1v) is 14.0. The predicted molar refractivity (Wildman–Crippen MR) is 141 cm³/mol. The summed E-state index contributed by atoms with van der Waals surface area (Å²) in [4.78, 5) is 33.1. The molecule has 7 heteroatoms. The highest BCUT2D eigenvalue weighted by atomic mass is 16.4. The summed E-state index contributed by atoms with van der Waals surface area (Å²) in [5.41, 5.74) is 0. The van der Waals surface area contributed by atoms with Gasteiger partial charge < -0.3 is 19.8 Å². The fourth-order valence-electron chi connectivity index (χ4n) is 4.71. The number of quaternary nitrogens is 1. The second kappa shape index (κ2) is 22.6. The van der Waals surface area contributed by atoms with E-state index in [1.807, 2.05) is 0 Å². The third-order valence-corrected chi connectivity index (χ3v) is 6.71. The molecule has 3 N–H and O–H groups in total. The monoisotopic (exact) mass is 498 g/mol. The average Bonchev–Trinajstić information content (AvgIpc) is 2.78. The van der Waals surface area contributed by atoms with Crippen molar-refractivity contribution in [2.45, 2.75) is 122 Å². The largest absolute Gasteiger partial charge is 0.481 e. The number of allylic oxidation sites excluding steroid dienone is 2. The van der Waals surface area contributed by atoms with Gasteiger partial charge in [0.05, 0.1) is 45.4 Å². The lowest BCUT2D eigenvalue weighted by Gasteiger charge is -2.39. The van der Waals surface area contributed by atoms with Gasteiger partial charge in [-0.05, 0) is 38.5 Å². The molecule has 204 valence electrons. The van der Waals surface area contributed by atoms with Crippen molar-refractivity contribution in [2.75, 3.05) is 26.2 Å². The Labute approximate surface area is 213 Å². The second-order valence-electron chi connectivity index (χ2n) is 9.96. The lowest BCUT2D eigenvalue weighted by molar-refractivity contribution is -0.929. The molecular formula is C28H52NO6+. The maximum absolute atomic E-state index is 11.0. The molecule has 0 heterocycles. The number of rotatable bonds is 26. The predicted octanol–water partition coefficient (Wildman–Crippen LogP) is 6.65. The van der Waals surface area contributed by atoms with Crippen LogP contribution >= 0.6 is 0 Å². The van der Waals surface area contributed by atoms with E-state index >= 15 is 0 Å². The molecule has 0 aliphatic rings. The maximum atomic E-state index is 11.0. The zero-order valence-electron chi connectivity index (χ0n) is 22.2. The van der Waals surface area contributed by atoms with Gasteiger partial charge >= 0.3 is 17.9 Å². The smallest absolute Gasteiger partial charge is 0.303 e. The van der Waals surface area contributed by atoms with Gasteiger partial charge in [0.1, 0.15) is 0 Å². The van der Waals surface area contributed by atoms with Gasteiger partial charge in [0.25, 0.3) is 0 Å². The van der Waals surface area contributed by atoms with Crippen molar-refractivity contribution in [3.05, 3.63) is 12.2 Å². The van der Waals surface area contributed by atoms with Crippen LogP contribution in [0.4, 0.5) is 0 Å². The molecule has 7 nitrogen and oxygen atoms in total. The van der Waals surface area contributed by atoms with Gasteiger partial charge in [-0.2, -0.15) is 0 Å². The average molecular weight is 499 g/mol. The molecule has 0 amide bonds. The molecule has 0 aromatic heterocycles. The lowest BCUT2D eigenvalue weighted by Crippen LogP contribution is -2.51. The maximum Gasteiger partial charge on any atom is 0.303 e. The Morgan fingerprint density at radius 1 is 0.514 bits per heavy atom. The van der Waals surface area contributed by atoms with Crippen LogP contribution in [0.2, 0.25) is 0 Å². The number of nitrogens with zero attached hydrogens (tertiary/aromatic N) is 1. The van der Waals surface area contributed by atoms with E-state index in [0.29, 0.717) is 43.4 Å². The lowest BCUT2D eigenvalue weighted by atomic mass is 10.1. The Hall–Kier alpha value is -1.89. The number of carboxylic acid groups (broad SMARTS) is 3. The summed E-state index contributed by atoms with van der Waals surface area (Å²) in [5.74, 6) is -2.49. The van der Waals surface area contributed by atoms with Crippen LogP contribution in [0.25, 0.3) is 0 Å². The van der Waals surface area contributed by atoms with Crippen LogP contribution in [0.3, 0.4) is 0 Å². The summed E-state index contributed by atoms with van der Waals surface area (Å²) in [6, 6.07) is 0. The minimum absolute atomic E-state index is 0.0874. The van der Waals surface area contributed by atoms with Crippen molar-refractivity contribution in [1.82, 2.24) is 0 Å². The first-order valence-electron chi connectivity index (χ1n) is 14.0. The third-order valence-electron chi connectivity index (χ3n) is 6.71. The van der Waals surface area contributed by atoms with Gasteiger partial charge in [-0.25, -0.2) is 0 Å². The quantitative estimate of drug-likeness (QED) is 0.0699. The minimum atomic E-state index is -0.829. The number of aliphatic carboxylic acids is 3. The van der Waals surface area contributed by atoms with Crippen molar-refractivity contribution in [2.24, 2.45) is 0 Å². The van der Waals surface area contributed by atoms with Crippen LogP contribution in [0.15, 0.2) is 12.2 Å². The molecule has 0 saturated heterocycles. The fraction of sp³-hybridized carbons (Fsp3) is 0.821. The van der Waals surface area contributed by atoms with E-state index in [9.17, 15) is 14.4 Å². The van der Waals surface area contributed by atoms with E-state index in [1.165, 1.54) is 51.4 Å². The third kappa shape index (κ3) is 22.3. The molecule has 0 bridgehead atoms. The summed E-state index contributed by atoms with van der Waals surface area (Å²) in [6.07, 6.45) is 21.1. The van der Waals surface area contributed by atoms with E-state index in [2.05, 4.69) is 19.1 Å². The van der Waals surface area contributed by atoms with E-state index in [1.54, 1.807) is 0 Å². The van der Waals surface area contributed by atoms with Crippen molar-refractivity contribution in [3.63, 3.8) is 0 Å². The fourth-order valence-corrected chi connectivity index (χ4v) is 4.71. The first-order chi connectivity index (χ1) is 16.8. The number of unbranched alkanes of at least 4 members (excludes halogenated alkanes) is 10. The van der Waals surface area contributed by atoms with Gasteiger partial charge in [-0.15, -0.1) is 0 Å². The Morgan fingerprint density at radius 2 is 0.857 bits per heavy atom. The van der Waals surface area contributed by atoms with E-state index in [4.69, 9.17) is 15.3 Å². The molecule has 0 saturated carbocycles. The molecule has 0 spiro atoms. The molecule has 0 aromatic carbocycles. The molecular weight excluding hydrogens is 446 g/mol. The van der Waals surface area contributed by atoms with Crippen molar-refractivity contribution in [3.8, 4) is 0 Å². The molecule has 0 radical (unpaired) electrons. The van der Waals surface area contributed by atoms with Gasteiger partial charge in [-0.3, -0.25) is 14.4 Å². The van der Waals surface area contributed by atoms with Crippen molar-refractivity contribution in [1.29, 1.82) is 0 Å². The summed E-state index contributed by atoms with van der Waals surface area (Å²) in [6.45, 7) is 5.08. The van der Waals surface area contributed by atoms with Crippen LogP contribution in [0.5, 0.6) is 0 Å². The van der Waals surface area contributed by atoms with Crippen LogP contribution in [0.1, 0.15) is 122 Å². The Bertz CT molecular complexity index is 540. The van der Waals surface area contributed by atoms with E-state index < -0.39 is 17.9 Å². The highest BCUT2D eigenvalue weighted by Gasteiger charge is 2.27. The van der Waals surface area contributed by atoms with Gasteiger partial charge in [0, 0.05) is 19.3 Å². The normalized spacial score (nSPS) is 11.8. The van der Waals surface area contributed by atoms with E-state index in [-0.39, 0.29) is 19.3 Å². The summed E-state index contributed by atoms with van der Waals surface area (Å²) in [5, 5.41) is 27.1. The first kappa shape index (κ1) is 33.1. The van der Waals surface area contributed by atoms with Crippen LogP contribution in [-0.4, -0.2) is 63.9 Å². The summed E-state index contributed by atoms with van der Waals surface area (Å²) in [7, 11) is 0. The molecule has 0 fully saturated rings. The Kier molecular flexibility index (Phi) is 21.3. The van der Waals surface area contributed by atoms with Gasteiger partial charge in [-0.1, -0.05) is 57.6 Å². The molecule has 0 aromatic rings. The van der Waals surface area contributed by atoms with Gasteiger partial charge in [0.15, 0.2) is 0 Å². The molecule has 0 atom stereocenters. The number of carbonyl (C=O) groups is 3. The topological polar surface area (TPSA) is 112 Å². The van der Waals surface area contributed by atoms with Crippen LogP contribution in [-0.2, 0) is 14.4 Å². The van der Waals surface area contributed by atoms with Crippen molar-refractivity contribution >= 4 is 17.9 Å². The number of carboxylic acids is 3. The molecule has 0 aliphatic carbocycles. The summed E-state index contributed by atoms with van der Waals surface area (Å²) < 4.78 is 0.634. The minimum Gasteiger partial charge on any atom is -0.481 e. The standard InChI is InChI=1S/C28H51NO6/c1-2-3-4-5-6-7-8-9-10-11-12-13-14-15-22-29(23-16-19-26(30)31,24-17-20-27(32)33)25-18-21-28(34)35/h8-9H,2-7,10-25H2,1H3,(H2-,30,31,32,33,34,35)/p+1/b9-8+. The second-order valence-corrected chi connectivity index (χ2v) is 9.96. The summed E-state index contributed by atoms with van der Waals surface area (Å²) >= 11 is 0. The van der Waals surface area contributed by atoms with E-state index in [0.717, 1.165) is 32.2 Å². The van der Waals surface area contributed by atoms with Crippen LogP contribution < -0.4 is 0 Å². The Balaban J connectivity index is 4.43. The SMILES string of the molecule is CCCCCCC/C=C/CCCCCCC[N+](CCCC(=O)O)(CCCC(=O)O)CCCC(=O)O. The number of hydrogen-bond acceptors (Lipinski definition) is 3. The molecule has 35 heavy (non-hydrogen) atoms.